The minimum Gasteiger partial charge on any atom is -0.457 e. The lowest BCUT2D eigenvalue weighted by atomic mass is 10.2. The van der Waals surface area contributed by atoms with E-state index in [2.05, 4.69) is 5.32 Å². The van der Waals surface area contributed by atoms with Crippen LogP contribution in [0.2, 0.25) is 0 Å². The summed E-state index contributed by atoms with van der Waals surface area (Å²) in [5.74, 6) is -0.0155. The van der Waals surface area contributed by atoms with Crippen molar-refractivity contribution in [3.63, 3.8) is 0 Å². The summed E-state index contributed by atoms with van der Waals surface area (Å²) in [6, 6.07) is 21.5. The van der Waals surface area contributed by atoms with Crippen molar-refractivity contribution in [2.24, 2.45) is 0 Å². The Morgan fingerprint density at radius 3 is 2.16 bits per heavy atom. The van der Waals surface area contributed by atoms with Crippen molar-refractivity contribution in [2.45, 2.75) is 17.9 Å². The summed E-state index contributed by atoms with van der Waals surface area (Å²) in [7, 11) is -3.47. The first-order chi connectivity index (χ1) is 14.7. The quantitative estimate of drug-likeness (QED) is 0.557. The molecule has 3 rings (SSSR count). The van der Waals surface area contributed by atoms with Gasteiger partial charge in [0.05, 0.1) is 10.5 Å². The number of anilines is 1. The van der Waals surface area contributed by atoms with Gasteiger partial charge in [0.15, 0.2) is 15.9 Å². The number of carbonyl (C=O) groups excluding carboxylic acids is 2. The second-order valence-electron chi connectivity index (χ2n) is 6.78. The molecule has 3 aromatic rings. The number of rotatable bonds is 7. The maximum Gasteiger partial charge on any atom is 0.338 e. The van der Waals surface area contributed by atoms with E-state index in [4.69, 9.17) is 9.47 Å². The summed E-state index contributed by atoms with van der Waals surface area (Å²) >= 11 is 0. The lowest BCUT2D eigenvalue weighted by Crippen LogP contribution is -2.30. The molecule has 0 bridgehead atoms. The smallest absolute Gasteiger partial charge is 0.338 e. The third kappa shape index (κ3) is 6.16. The van der Waals surface area contributed by atoms with Crippen LogP contribution < -0.4 is 10.1 Å². The summed E-state index contributed by atoms with van der Waals surface area (Å²) in [4.78, 5) is 24.7. The molecule has 0 fully saturated rings. The fourth-order valence-corrected chi connectivity index (χ4v) is 3.28. The molecule has 0 unspecified atom stereocenters. The highest BCUT2D eigenvalue weighted by Gasteiger charge is 2.20. The molecule has 0 saturated heterocycles. The number of ether oxygens (including phenoxy) is 2. The molecule has 0 spiro atoms. The van der Waals surface area contributed by atoms with Gasteiger partial charge < -0.3 is 14.8 Å². The van der Waals surface area contributed by atoms with Crippen molar-refractivity contribution >= 4 is 27.4 Å². The van der Waals surface area contributed by atoms with E-state index in [9.17, 15) is 18.0 Å². The molecule has 0 radical (unpaired) electrons. The van der Waals surface area contributed by atoms with Gasteiger partial charge in [-0.3, -0.25) is 4.79 Å². The van der Waals surface area contributed by atoms with E-state index in [1.165, 1.54) is 31.2 Å². The number of amides is 1. The SMILES string of the molecule is C[C@@H](OC(=O)c1cccc(S(C)(=O)=O)c1)C(=O)Nc1ccc(Oc2ccccc2)cc1. The van der Waals surface area contributed by atoms with Crippen LogP contribution in [-0.2, 0) is 19.4 Å². The van der Waals surface area contributed by atoms with E-state index in [1.54, 1.807) is 24.3 Å². The molecule has 0 aliphatic rings. The molecule has 0 aromatic heterocycles. The minimum absolute atomic E-state index is 0.00290. The number of nitrogens with one attached hydrogen (secondary N) is 1. The number of hydrogen-bond acceptors (Lipinski definition) is 6. The topological polar surface area (TPSA) is 98.8 Å². The number of benzene rings is 3. The van der Waals surface area contributed by atoms with E-state index >= 15 is 0 Å². The lowest BCUT2D eigenvalue weighted by Gasteiger charge is -2.14. The Hall–Kier alpha value is -3.65. The molecule has 160 valence electrons. The largest absolute Gasteiger partial charge is 0.457 e. The Labute approximate surface area is 180 Å². The first-order valence-corrected chi connectivity index (χ1v) is 11.3. The average molecular weight is 439 g/mol. The van der Waals surface area contributed by atoms with E-state index < -0.39 is 27.8 Å². The number of esters is 1. The third-order valence-corrected chi connectivity index (χ3v) is 5.36. The number of carbonyl (C=O) groups is 2. The predicted molar refractivity (Wildman–Crippen MR) is 116 cm³/mol. The Morgan fingerprint density at radius 2 is 1.52 bits per heavy atom. The number of sulfone groups is 1. The van der Waals surface area contributed by atoms with Gasteiger partial charge in [-0.05, 0) is 61.5 Å². The number of para-hydroxylation sites is 1. The summed E-state index contributed by atoms with van der Waals surface area (Å²) in [6.45, 7) is 1.43. The maximum absolute atomic E-state index is 12.4. The van der Waals surface area contributed by atoms with Crippen LogP contribution in [0.4, 0.5) is 5.69 Å². The van der Waals surface area contributed by atoms with Crippen LogP contribution in [0.5, 0.6) is 11.5 Å². The Balaban J connectivity index is 1.58. The highest BCUT2D eigenvalue weighted by atomic mass is 32.2. The van der Waals surface area contributed by atoms with Crippen molar-refractivity contribution in [3.8, 4) is 11.5 Å². The zero-order valence-electron chi connectivity index (χ0n) is 16.9. The molecule has 1 atom stereocenters. The predicted octanol–water partition coefficient (Wildman–Crippen LogP) is 4.07. The monoisotopic (exact) mass is 439 g/mol. The standard InChI is InChI=1S/C23H21NO6S/c1-16(29-23(26)17-7-6-10-21(15-17)31(2,27)28)22(25)24-18-11-13-20(14-12-18)30-19-8-4-3-5-9-19/h3-16H,1-2H3,(H,24,25)/t16-/m1/s1. The molecule has 3 aromatic carbocycles. The molecule has 0 aliphatic carbocycles. The first-order valence-electron chi connectivity index (χ1n) is 9.37. The molecule has 8 heteroatoms. The van der Waals surface area contributed by atoms with Gasteiger partial charge >= 0.3 is 5.97 Å². The van der Waals surface area contributed by atoms with E-state index in [1.807, 2.05) is 30.3 Å². The molecule has 1 N–H and O–H groups in total. The molecule has 0 aliphatic heterocycles. The van der Waals surface area contributed by atoms with Crippen molar-refractivity contribution in [2.75, 3.05) is 11.6 Å². The van der Waals surface area contributed by atoms with Crippen molar-refractivity contribution in [3.05, 3.63) is 84.4 Å². The van der Waals surface area contributed by atoms with Crippen LogP contribution in [0.1, 0.15) is 17.3 Å². The average Bonchev–Trinajstić information content (AvgIpc) is 2.75. The lowest BCUT2D eigenvalue weighted by molar-refractivity contribution is -0.123. The minimum atomic E-state index is -3.47. The van der Waals surface area contributed by atoms with Gasteiger partial charge in [0.2, 0.25) is 0 Å². The summed E-state index contributed by atoms with van der Waals surface area (Å²) in [6.07, 6.45) is -0.0430. The summed E-state index contributed by atoms with van der Waals surface area (Å²) in [5, 5.41) is 2.66. The summed E-state index contributed by atoms with van der Waals surface area (Å²) in [5.41, 5.74) is 0.553. The fourth-order valence-electron chi connectivity index (χ4n) is 2.61. The maximum atomic E-state index is 12.4. The highest BCUT2D eigenvalue weighted by Crippen LogP contribution is 2.23. The van der Waals surface area contributed by atoms with Gasteiger partial charge in [0.1, 0.15) is 11.5 Å². The van der Waals surface area contributed by atoms with Crippen LogP contribution in [-0.4, -0.2) is 32.7 Å². The fraction of sp³-hybridized carbons (Fsp3) is 0.130. The van der Waals surface area contributed by atoms with Gasteiger partial charge in [0.25, 0.3) is 5.91 Å². The highest BCUT2D eigenvalue weighted by molar-refractivity contribution is 7.90. The second-order valence-corrected chi connectivity index (χ2v) is 8.79. The van der Waals surface area contributed by atoms with Crippen molar-refractivity contribution in [1.29, 1.82) is 0 Å². The molecule has 31 heavy (non-hydrogen) atoms. The van der Waals surface area contributed by atoms with Crippen molar-refractivity contribution in [1.82, 2.24) is 0 Å². The molecule has 7 nitrogen and oxygen atoms in total. The second kappa shape index (κ2) is 9.44. The van der Waals surface area contributed by atoms with Gasteiger partial charge in [-0.15, -0.1) is 0 Å². The third-order valence-electron chi connectivity index (χ3n) is 4.25. The van der Waals surface area contributed by atoms with Gasteiger partial charge in [-0.25, -0.2) is 13.2 Å². The normalized spacial score (nSPS) is 11.9. The number of hydrogen-bond donors (Lipinski definition) is 1. The van der Waals surface area contributed by atoms with Gasteiger partial charge in [0, 0.05) is 11.9 Å². The summed E-state index contributed by atoms with van der Waals surface area (Å²) < 4.78 is 34.2. The molecule has 0 heterocycles. The van der Waals surface area contributed by atoms with Crippen LogP contribution in [0, 0.1) is 0 Å². The first kappa shape index (κ1) is 22.0. The van der Waals surface area contributed by atoms with E-state index in [0.29, 0.717) is 17.2 Å². The van der Waals surface area contributed by atoms with E-state index in [0.717, 1.165) is 6.26 Å². The Morgan fingerprint density at radius 1 is 0.871 bits per heavy atom. The molecule has 0 saturated carbocycles. The van der Waals surface area contributed by atoms with Crippen LogP contribution in [0.3, 0.4) is 0 Å². The van der Waals surface area contributed by atoms with Gasteiger partial charge in [-0.1, -0.05) is 24.3 Å². The van der Waals surface area contributed by atoms with Crippen LogP contribution in [0.15, 0.2) is 83.8 Å². The Bertz CT molecular complexity index is 1170. The van der Waals surface area contributed by atoms with Gasteiger partial charge in [-0.2, -0.15) is 0 Å². The zero-order valence-corrected chi connectivity index (χ0v) is 17.8. The van der Waals surface area contributed by atoms with Crippen LogP contribution in [0.25, 0.3) is 0 Å². The molecule has 1 amide bonds. The Kier molecular flexibility index (Phi) is 6.71. The zero-order chi connectivity index (χ0) is 22.4. The molecular weight excluding hydrogens is 418 g/mol. The van der Waals surface area contributed by atoms with E-state index in [-0.39, 0.29) is 10.5 Å². The molecular formula is C23H21NO6S. The van der Waals surface area contributed by atoms with Crippen LogP contribution >= 0.6 is 0 Å². The van der Waals surface area contributed by atoms with Crippen molar-refractivity contribution < 1.29 is 27.5 Å².